The first-order valence-electron chi connectivity index (χ1n) is 10.8. The lowest BCUT2D eigenvalue weighted by atomic mass is 10.0. The molecule has 1 unspecified atom stereocenters. The SMILES string of the molecule is CC(=O)N[C@H](C(=O)OC[C@H]1O[C@@H](n2c(Br)nc3c(=O)[nH]c(N)nc32)C2OC(C)(C)O[C@@H]21)C(C)C. The highest BCUT2D eigenvalue weighted by Crippen LogP contribution is 2.44. The first kappa shape index (κ1) is 24.6. The van der Waals surface area contributed by atoms with Crippen LogP contribution >= 0.6 is 15.9 Å². The van der Waals surface area contributed by atoms with Crippen molar-refractivity contribution < 1.29 is 28.5 Å². The fourth-order valence-corrected chi connectivity index (χ4v) is 4.72. The van der Waals surface area contributed by atoms with Gasteiger partial charge in [-0.3, -0.25) is 19.1 Å². The number of nitrogen functional groups attached to an aromatic ring is 1. The molecule has 5 atom stereocenters. The van der Waals surface area contributed by atoms with Gasteiger partial charge in [0.1, 0.15) is 31.0 Å². The van der Waals surface area contributed by atoms with Crippen LogP contribution in [0.5, 0.6) is 0 Å². The van der Waals surface area contributed by atoms with Crippen molar-refractivity contribution in [1.29, 1.82) is 0 Å². The molecular weight excluding hydrogens is 516 g/mol. The number of anilines is 1. The quantitative estimate of drug-likeness (QED) is 0.346. The molecule has 13 nitrogen and oxygen atoms in total. The zero-order chi connectivity index (χ0) is 24.9. The van der Waals surface area contributed by atoms with Crippen LogP contribution in [-0.2, 0) is 28.5 Å². The van der Waals surface area contributed by atoms with Crippen LogP contribution in [0.1, 0.15) is 40.8 Å². The van der Waals surface area contributed by atoms with Crippen molar-refractivity contribution in [3.63, 3.8) is 0 Å². The normalized spacial score (nSPS) is 26.6. The molecule has 14 heteroatoms. The second kappa shape index (κ2) is 8.91. The van der Waals surface area contributed by atoms with Crippen LogP contribution in [0.4, 0.5) is 5.95 Å². The molecule has 0 saturated carbocycles. The highest BCUT2D eigenvalue weighted by Gasteiger charge is 2.57. The number of carbonyl (C=O) groups is 2. The van der Waals surface area contributed by atoms with E-state index in [9.17, 15) is 14.4 Å². The lowest BCUT2D eigenvalue weighted by molar-refractivity contribution is -0.202. The summed E-state index contributed by atoms with van der Waals surface area (Å²) in [4.78, 5) is 47.3. The maximum atomic E-state index is 12.7. The van der Waals surface area contributed by atoms with Crippen LogP contribution in [0.25, 0.3) is 11.2 Å². The molecule has 4 heterocycles. The lowest BCUT2D eigenvalue weighted by Gasteiger charge is -2.25. The van der Waals surface area contributed by atoms with Gasteiger partial charge < -0.3 is 30.0 Å². The number of nitrogens with one attached hydrogen (secondary N) is 2. The molecule has 2 aliphatic rings. The third-order valence-electron chi connectivity index (χ3n) is 5.57. The summed E-state index contributed by atoms with van der Waals surface area (Å²) < 4.78 is 25.7. The van der Waals surface area contributed by atoms with E-state index in [0.717, 1.165) is 0 Å². The number of nitrogens with zero attached hydrogens (tertiary/aromatic N) is 3. The molecule has 0 bridgehead atoms. The fraction of sp³-hybridized carbons (Fsp3) is 0.650. The Labute approximate surface area is 202 Å². The van der Waals surface area contributed by atoms with E-state index in [1.54, 1.807) is 32.3 Å². The standard InChI is InChI=1S/C20H27BrN6O7/c1-7(2)10(23-8(3)28)17(30)31-6-9-12-13(34-20(4,5)33-12)16(32-9)27-14-11(24-18(27)21)15(29)26-19(22)25-14/h7,9-10,12-13,16H,6H2,1-5H3,(H,23,28)(H3,22,25,26,29)/t9-,10+,12-,13?,16-/m1/s1. The number of halogens is 1. The Morgan fingerprint density at radius 3 is 2.62 bits per heavy atom. The third kappa shape index (κ3) is 4.54. The zero-order valence-corrected chi connectivity index (χ0v) is 20.9. The Kier molecular flexibility index (Phi) is 6.44. The van der Waals surface area contributed by atoms with Gasteiger partial charge in [0.15, 0.2) is 27.9 Å². The summed E-state index contributed by atoms with van der Waals surface area (Å²) in [6.07, 6.45) is -2.71. The van der Waals surface area contributed by atoms with Gasteiger partial charge in [-0.25, -0.2) is 9.78 Å². The van der Waals surface area contributed by atoms with E-state index >= 15 is 0 Å². The summed E-state index contributed by atoms with van der Waals surface area (Å²) in [5, 5.41) is 2.60. The summed E-state index contributed by atoms with van der Waals surface area (Å²) in [6.45, 7) is 8.33. The molecule has 2 aromatic heterocycles. The maximum Gasteiger partial charge on any atom is 0.328 e. The van der Waals surface area contributed by atoms with Crippen LogP contribution in [0.2, 0.25) is 0 Å². The van der Waals surface area contributed by atoms with Crippen LogP contribution in [0.3, 0.4) is 0 Å². The topological polar surface area (TPSA) is 173 Å². The van der Waals surface area contributed by atoms with Gasteiger partial charge in [-0.2, -0.15) is 4.98 Å². The van der Waals surface area contributed by atoms with Gasteiger partial charge in [-0.15, -0.1) is 0 Å². The number of fused-ring (bicyclic) bond motifs is 2. The summed E-state index contributed by atoms with van der Waals surface area (Å²) in [5.41, 5.74) is 5.52. The predicted molar refractivity (Wildman–Crippen MR) is 121 cm³/mol. The van der Waals surface area contributed by atoms with Crippen LogP contribution in [0.15, 0.2) is 9.53 Å². The fourth-order valence-electron chi connectivity index (χ4n) is 4.17. The largest absolute Gasteiger partial charge is 0.461 e. The average Bonchev–Trinajstić information content (AvgIpc) is 3.32. The third-order valence-corrected chi connectivity index (χ3v) is 6.13. The first-order chi connectivity index (χ1) is 15.9. The lowest BCUT2D eigenvalue weighted by Crippen LogP contribution is -2.45. The van der Waals surface area contributed by atoms with Gasteiger partial charge in [0.25, 0.3) is 5.56 Å². The molecule has 2 fully saturated rings. The minimum Gasteiger partial charge on any atom is -0.461 e. The van der Waals surface area contributed by atoms with E-state index in [1.165, 1.54) is 6.92 Å². The zero-order valence-electron chi connectivity index (χ0n) is 19.3. The second-order valence-corrected chi connectivity index (χ2v) is 9.77. The summed E-state index contributed by atoms with van der Waals surface area (Å²) in [6, 6.07) is -0.798. The number of aromatic nitrogens is 4. The van der Waals surface area contributed by atoms with E-state index < -0.39 is 47.9 Å². The van der Waals surface area contributed by atoms with Crippen molar-refractivity contribution in [3.05, 3.63) is 15.1 Å². The first-order valence-corrected chi connectivity index (χ1v) is 11.6. The molecular formula is C20H27BrN6O7. The molecule has 0 aliphatic carbocycles. The van der Waals surface area contributed by atoms with Crippen molar-refractivity contribution >= 4 is 44.9 Å². The molecule has 0 spiro atoms. The Morgan fingerprint density at radius 2 is 1.97 bits per heavy atom. The number of H-pyrrole nitrogens is 1. The summed E-state index contributed by atoms with van der Waals surface area (Å²) in [7, 11) is 0. The minimum atomic E-state index is -0.928. The number of rotatable bonds is 6. The Morgan fingerprint density at radius 1 is 1.29 bits per heavy atom. The number of aromatic amines is 1. The number of nitrogens with two attached hydrogens (primary N) is 1. The highest BCUT2D eigenvalue weighted by atomic mass is 79.9. The Balaban J connectivity index is 1.61. The van der Waals surface area contributed by atoms with Crippen molar-refractivity contribution in [2.24, 2.45) is 5.92 Å². The molecule has 4 N–H and O–H groups in total. The highest BCUT2D eigenvalue weighted by molar-refractivity contribution is 9.10. The number of ether oxygens (including phenoxy) is 4. The van der Waals surface area contributed by atoms with Gasteiger partial charge in [-0.05, 0) is 35.7 Å². The van der Waals surface area contributed by atoms with Crippen LogP contribution < -0.4 is 16.6 Å². The van der Waals surface area contributed by atoms with Gasteiger partial charge in [-0.1, -0.05) is 13.8 Å². The summed E-state index contributed by atoms with van der Waals surface area (Å²) in [5.74, 6) is -2.09. The molecule has 186 valence electrons. The number of hydrogen-bond donors (Lipinski definition) is 3. The van der Waals surface area contributed by atoms with Crippen LogP contribution in [-0.4, -0.2) is 68.1 Å². The number of imidazole rings is 1. The Bertz CT molecular complexity index is 1180. The van der Waals surface area contributed by atoms with Gasteiger partial charge in [0.05, 0.1) is 0 Å². The van der Waals surface area contributed by atoms with Crippen molar-refractivity contribution in [3.8, 4) is 0 Å². The number of amides is 1. The average molecular weight is 543 g/mol. The molecule has 0 radical (unpaired) electrons. The van der Waals surface area contributed by atoms with E-state index in [4.69, 9.17) is 24.7 Å². The molecule has 4 rings (SSSR count). The van der Waals surface area contributed by atoms with Gasteiger partial charge in [0, 0.05) is 6.92 Å². The number of esters is 1. The van der Waals surface area contributed by atoms with Crippen LogP contribution in [0, 0.1) is 5.92 Å². The number of hydrogen-bond acceptors (Lipinski definition) is 10. The van der Waals surface area contributed by atoms with Crippen molar-refractivity contribution in [2.75, 3.05) is 12.3 Å². The van der Waals surface area contributed by atoms with E-state index in [0.29, 0.717) is 0 Å². The smallest absolute Gasteiger partial charge is 0.328 e. The van der Waals surface area contributed by atoms with Crippen molar-refractivity contribution in [1.82, 2.24) is 24.8 Å². The molecule has 2 aromatic rings. The van der Waals surface area contributed by atoms with Gasteiger partial charge >= 0.3 is 5.97 Å². The summed E-state index contributed by atoms with van der Waals surface area (Å²) >= 11 is 3.36. The van der Waals surface area contributed by atoms with Gasteiger partial charge in [0.2, 0.25) is 11.9 Å². The molecule has 2 aliphatic heterocycles. The Hall–Kier alpha value is -2.55. The maximum absolute atomic E-state index is 12.7. The monoisotopic (exact) mass is 542 g/mol. The molecule has 0 aromatic carbocycles. The number of carbonyl (C=O) groups excluding carboxylic acids is 2. The predicted octanol–water partition coefficient (Wildman–Crippen LogP) is 0.586. The minimum absolute atomic E-state index is 0.0735. The molecule has 34 heavy (non-hydrogen) atoms. The van der Waals surface area contributed by atoms with Crippen molar-refractivity contribution in [2.45, 2.75) is 71.0 Å². The van der Waals surface area contributed by atoms with E-state index in [-0.39, 0.29) is 40.3 Å². The molecule has 1 amide bonds. The van der Waals surface area contributed by atoms with E-state index in [1.807, 2.05) is 0 Å². The second-order valence-electron chi connectivity index (χ2n) is 9.06. The van der Waals surface area contributed by atoms with E-state index in [2.05, 4.69) is 36.2 Å². The molecule has 2 saturated heterocycles.